The third-order valence-corrected chi connectivity index (χ3v) is 4.31. The van der Waals surface area contributed by atoms with E-state index in [1.165, 1.54) is 24.8 Å². The fourth-order valence-corrected chi connectivity index (χ4v) is 2.39. The first kappa shape index (κ1) is 13.3. The van der Waals surface area contributed by atoms with Crippen LogP contribution < -0.4 is 5.73 Å². The first-order valence-electron chi connectivity index (χ1n) is 7.03. The molecule has 18 heavy (non-hydrogen) atoms. The summed E-state index contributed by atoms with van der Waals surface area (Å²) in [7, 11) is 0. The molecule has 2 heteroatoms. The summed E-state index contributed by atoms with van der Waals surface area (Å²) in [6, 6.07) is 7.70. The summed E-state index contributed by atoms with van der Waals surface area (Å²) in [4.78, 5) is 12.3. The SMILES string of the molecule is CCC(C)C(N)C(=O)c1cccc(C2CCC2)c1. The van der Waals surface area contributed by atoms with E-state index in [1.807, 2.05) is 19.1 Å². The Morgan fingerprint density at radius 2 is 2.17 bits per heavy atom. The predicted molar refractivity (Wildman–Crippen MR) is 74.8 cm³/mol. The van der Waals surface area contributed by atoms with Crippen LogP contribution in [-0.2, 0) is 0 Å². The van der Waals surface area contributed by atoms with E-state index in [4.69, 9.17) is 5.73 Å². The minimum atomic E-state index is -0.369. The van der Waals surface area contributed by atoms with Crippen LogP contribution in [0.3, 0.4) is 0 Å². The summed E-state index contributed by atoms with van der Waals surface area (Å²) in [5.41, 5.74) is 8.12. The molecule has 2 N–H and O–H groups in total. The summed E-state index contributed by atoms with van der Waals surface area (Å²) in [6.07, 6.45) is 4.77. The van der Waals surface area contributed by atoms with E-state index in [0.29, 0.717) is 5.92 Å². The minimum Gasteiger partial charge on any atom is -0.321 e. The lowest BCUT2D eigenvalue weighted by Crippen LogP contribution is -2.36. The molecule has 0 saturated heterocycles. The lowest BCUT2D eigenvalue weighted by molar-refractivity contribution is 0.0935. The van der Waals surface area contributed by atoms with Crippen molar-refractivity contribution in [2.75, 3.05) is 0 Å². The number of carbonyl (C=O) groups is 1. The van der Waals surface area contributed by atoms with Gasteiger partial charge in [-0.15, -0.1) is 0 Å². The van der Waals surface area contributed by atoms with Crippen LogP contribution in [0.4, 0.5) is 0 Å². The summed E-state index contributed by atoms with van der Waals surface area (Å²) >= 11 is 0. The van der Waals surface area contributed by atoms with E-state index in [9.17, 15) is 4.79 Å². The van der Waals surface area contributed by atoms with Gasteiger partial charge >= 0.3 is 0 Å². The average Bonchev–Trinajstić information content (AvgIpc) is 2.34. The highest BCUT2D eigenvalue weighted by atomic mass is 16.1. The number of ketones is 1. The van der Waals surface area contributed by atoms with Gasteiger partial charge in [-0.1, -0.05) is 44.9 Å². The maximum Gasteiger partial charge on any atom is 0.179 e. The zero-order valence-electron chi connectivity index (χ0n) is 11.4. The number of Topliss-reactive ketones (excluding diaryl/α,β-unsaturated/α-hetero) is 1. The van der Waals surface area contributed by atoms with E-state index in [0.717, 1.165) is 12.0 Å². The van der Waals surface area contributed by atoms with E-state index in [1.54, 1.807) is 0 Å². The topological polar surface area (TPSA) is 43.1 Å². The van der Waals surface area contributed by atoms with Gasteiger partial charge in [-0.05, 0) is 36.3 Å². The molecule has 2 unspecified atom stereocenters. The van der Waals surface area contributed by atoms with Crippen molar-refractivity contribution in [1.29, 1.82) is 0 Å². The number of rotatable bonds is 5. The second-order valence-electron chi connectivity index (χ2n) is 5.53. The normalized spacial score (nSPS) is 19.1. The maximum absolute atomic E-state index is 12.3. The third-order valence-electron chi connectivity index (χ3n) is 4.31. The molecule has 2 nitrogen and oxygen atoms in total. The van der Waals surface area contributed by atoms with Crippen molar-refractivity contribution in [2.24, 2.45) is 11.7 Å². The molecule has 1 aliphatic rings. The predicted octanol–water partition coefficient (Wildman–Crippen LogP) is 3.51. The van der Waals surface area contributed by atoms with Gasteiger partial charge in [0.15, 0.2) is 5.78 Å². The van der Waals surface area contributed by atoms with Gasteiger partial charge in [0.05, 0.1) is 6.04 Å². The van der Waals surface area contributed by atoms with Crippen molar-refractivity contribution in [3.05, 3.63) is 35.4 Å². The molecule has 98 valence electrons. The fraction of sp³-hybridized carbons (Fsp3) is 0.562. The van der Waals surface area contributed by atoms with E-state index in [2.05, 4.69) is 19.1 Å². The van der Waals surface area contributed by atoms with Gasteiger partial charge in [0.1, 0.15) is 0 Å². The Balaban J connectivity index is 2.14. The molecule has 0 spiro atoms. The van der Waals surface area contributed by atoms with Crippen LogP contribution in [0.5, 0.6) is 0 Å². The van der Waals surface area contributed by atoms with Crippen LogP contribution >= 0.6 is 0 Å². The molecule has 0 heterocycles. The Morgan fingerprint density at radius 1 is 1.44 bits per heavy atom. The van der Waals surface area contributed by atoms with Gasteiger partial charge < -0.3 is 5.73 Å². The summed E-state index contributed by atoms with van der Waals surface area (Å²) in [6.45, 7) is 4.11. The summed E-state index contributed by atoms with van der Waals surface area (Å²) in [5, 5.41) is 0. The third kappa shape index (κ3) is 2.64. The molecule has 2 rings (SSSR count). The van der Waals surface area contributed by atoms with Crippen LogP contribution in [0.15, 0.2) is 24.3 Å². The molecule has 0 aromatic heterocycles. The largest absolute Gasteiger partial charge is 0.321 e. The van der Waals surface area contributed by atoms with Crippen LogP contribution in [0.25, 0.3) is 0 Å². The molecular formula is C16H23NO. The molecule has 1 aromatic carbocycles. The molecule has 1 aliphatic carbocycles. The second kappa shape index (κ2) is 5.66. The molecule has 0 amide bonds. The summed E-state index contributed by atoms with van der Waals surface area (Å²) in [5.74, 6) is 0.993. The van der Waals surface area contributed by atoms with Gasteiger partial charge in [-0.25, -0.2) is 0 Å². The van der Waals surface area contributed by atoms with Gasteiger partial charge in [-0.3, -0.25) is 4.79 Å². The number of hydrogen-bond donors (Lipinski definition) is 1. The minimum absolute atomic E-state index is 0.0884. The number of hydrogen-bond acceptors (Lipinski definition) is 2. The Labute approximate surface area is 110 Å². The van der Waals surface area contributed by atoms with Crippen molar-refractivity contribution in [3.63, 3.8) is 0 Å². The van der Waals surface area contributed by atoms with Gasteiger partial charge in [-0.2, -0.15) is 0 Å². The van der Waals surface area contributed by atoms with Crippen LogP contribution in [0.2, 0.25) is 0 Å². The highest BCUT2D eigenvalue weighted by molar-refractivity contribution is 6.00. The lowest BCUT2D eigenvalue weighted by Gasteiger charge is -2.26. The van der Waals surface area contributed by atoms with Crippen molar-refractivity contribution in [2.45, 2.75) is 51.5 Å². The standard InChI is InChI=1S/C16H23NO/c1-3-11(2)15(17)16(18)14-9-5-8-13(10-14)12-6-4-7-12/h5,8-12,15H,3-4,6-7,17H2,1-2H3. The van der Waals surface area contributed by atoms with Gasteiger partial charge in [0.2, 0.25) is 0 Å². The fourth-order valence-electron chi connectivity index (χ4n) is 2.39. The van der Waals surface area contributed by atoms with Gasteiger partial charge in [0, 0.05) is 5.56 Å². The van der Waals surface area contributed by atoms with E-state index >= 15 is 0 Å². The molecule has 1 aromatic rings. The van der Waals surface area contributed by atoms with Gasteiger partial charge in [0.25, 0.3) is 0 Å². The maximum atomic E-state index is 12.3. The zero-order chi connectivity index (χ0) is 13.1. The number of benzene rings is 1. The Bertz CT molecular complexity index is 423. The van der Waals surface area contributed by atoms with Crippen LogP contribution in [0, 0.1) is 5.92 Å². The first-order valence-corrected chi connectivity index (χ1v) is 7.03. The monoisotopic (exact) mass is 245 g/mol. The first-order chi connectivity index (χ1) is 8.63. The molecule has 0 radical (unpaired) electrons. The average molecular weight is 245 g/mol. The van der Waals surface area contributed by atoms with Crippen molar-refractivity contribution in [3.8, 4) is 0 Å². The lowest BCUT2D eigenvalue weighted by atomic mass is 9.79. The zero-order valence-corrected chi connectivity index (χ0v) is 11.4. The Hall–Kier alpha value is -1.15. The molecule has 2 atom stereocenters. The molecule has 0 bridgehead atoms. The Morgan fingerprint density at radius 3 is 2.72 bits per heavy atom. The van der Waals surface area contributed by atoms with E-state index in [-0.39, 0.29) is 17.7 Å². The van der Waals surface area contributed by atoms with E-state index < -0.39 is 0 Å². The number of nitrogens with two attached hydrogens (primary N) is 1. The van der Waals surface area contributed by atoms with Crippen LogP contribution in [0.1, 0.15) is 61.4 Å². The van der Waals surface area contributed by atoms with Crippen molar-refractivity contribution >= 4 is 5.78 Å². The summed E-state index contributed by atoms with van der Waals surface area (Å²) < 4.78 is 0. The quantitative estimate of drug-likeness (QED) is 0.807. The second-order valence-corrected chi connectivity index (χ2v) is 5.53. The van der Waals surface area contributed by atoms with Crippen molar-refractivity contribution in [1.82, 2.24) is 0 Å². The molecule has 1 fully saturated rings. The molecule has 0 aliphatic heterocycles. The highest BCUT2D eigenvalue weighted by Crippen LogP contribution is 2.36. The number of carbonyl (C=O) groups excluding carboxylic acids is 1. The molecular weight excluding hydrogens is 222 g/mol. The smallest absolute Gasteiger partial charge is 0.179 e. The van der Waals surface area contributed by atoms with Crippen LogP contribution in [-0.4, -0.2) is 11.8 Å². The van der Waals surface area contributed by atoms with Crippen molar-refractivity contribution < 1.29 is 4.79 Å². The Kier molecular flexibility index (Phi) is 4.18. The highest BCUT2D eigenvalue weighted by Gasteiger charge is 2.23. The molecule has 1 saturated carbocycles.